The summed E-state index contributed by atoms with van der Waals surface area (Å²) in [6, 6.07) is 14.9. The van der Waals surface area contributed by atoms with Crippen LogP contribution in [-0.4, -0.2) is 23.1 Å². The van der Waals surface area contributed by atoms with E-state index in [-0.39, 0.29) is 0 Å². The minimum atomic E-state index is 0.755. The van der Waals surface area contributed by atoms with Crippen molar-refractivity contribution >= 4 is 39.1 Å². The number of aromatic nitrogens is 2. The molecule has 1 saturated heterocycles. The van der Waals surface area contributed by atoms with Crippen molar-refractivity contribution in [3.63, 3.8) is 0 Å². The van der Waals surface area contributed by atoms with Gasteiger partial charge in [0.15, 0.2) is 0 Å². The molecule has 4 heteroatoms. The number of aromatic amines is 2. The highest BCUT2D eigenvalue weighted by molar-refractivity contribution is 6.31. The molecular formula is C21H20ClN3. The van der Waals surface area contributed by atoms with Gasteiger partial charge in [0.2, 0.25) is 0 Å². The third-order valence-electron chi connectivity index (χ3n) is 5.27. The van der Waals surface area contributed by atoms with Crippen molar-refractivity contribution in [2.45, 2.75) is 19.3 Å². The molecule has 4 aromatic rings. The van der Waals surface area contributed by atoms with Gasteiger partial charge in [0, 0.05) is 63.1 Å². The topological polar surface area (TPSA) is 34.8 Å². The number of halogens is 1. The molecule has 2 aromatic heterocycles. The molecule has 0 unspecified atom stereocenters. The maximum Gasteiger partial charge on any atom is 0.0487 e. The number of rotatable bonds is 2. The van der Waals surface area contributed by atoms with Crippen LogP contribution in [0.25, 0.3) is 33.1 Å². The Bertz CT molecular complexity index is 1050. The van der Waals surface area contributed by atoms with Gasteiger partial charge in [-0.05, 0) is 49.6 Å². The van der Waals surface area contributed by atoms with Gasteiger partial charge in [-0.25, -0.2) is 0 Å². The molecule has 2 aromatic carbocycles. The van der Waals surface area contributed by atoms with Gasteiger partial charge in [-0.3, -0.25) is 0 Å². The average Bonchev–Trinajstić information content (AvgIpc) is 3.25. The Balaban J connectivity index is 1.64. The number of hydrogen-bond donors (Lipinski definition) is 2. The molecule has 0 radical (unpaired) electrons. The first-order valence-corrected chi connectivity index (χ1v) is 9.31. The smallest absolute Gasteiger partial charge is 0.0487 e. The first-order valence-electron chi connectivity index (χ1n) is 8.93. The van der Waals surface area contributed by atoms with Crippen molar-refractivity contribution in [2.24, 2.45) is 0 Å². The van der Waals surface area contributed by atoms with Gasteiger partial charge in [0.25, 0.3) is 0 Å². The Morgan fingerprint density at radius 3 is 2.64 bits per heavy atom. The maximum absolute atomic E-state index is 6.11. The summed E-state index contributed by atoms with van der Waals surface area (Å²) in [6.07, 6.45) is 5.99. The fourth-order valence-corrected chi connectivity index (χ4v) is 4.19. The van der Waals surface area contributed by atoms with Crippen molar-refractivity contribution in [1.29, 1.82) is 0 Å². The van der Waals surface area contributed by atoms with E-state index in [1.54, 1.807) is 0 Å². The van der Waals surface area contributed by atoms with Gasteiger partial charge in [0.1, 0.15) is 0 Å². The molecule has 0 atom stereocenters. The van der Waals surface area contributed by atoms with Crippen LogP contribution in [0, 0.1) is 0 Å². The minimum Gasteiger partial charge on any atom is -0.371 e. The lowest BCUT2D eigenvalue weighted by Crippen LogP contribution is -2.29. The fourth-order valence-electron chi connectivity index (χ4n) is 4.02. The van der Waals surface area contributed by atoms with Crippen LogP contribution >= 0.6 is 11.6 Å². The molecule has 3 heterocycles. The summed E-state index contributed by atoms with van der Waals surface area (Å²) in [5, 5.41) is 3.25. The minimum absolute atomic E-state index is 0.755. The van der Waals surface area contributed by atoms with Crippen molar-refractivity contribution < 1.29 is 0 Å². The zero-order valence-electron chi connectivity index (χ0n) is 14.0. The van der Waals surface area contributed by atoms with Crippen LogP contribution in [-0.2, 0) is 0 Å². The first-order chi connectivity index (χ1) is 12.3. The number of hydrogen-bond acceptors (Lipinski definition) is 1. The van der Waals surface area contributed by atoms with E-state index in [1.165, 1.54) is 46.8 Å². The molecule has 25 heavy (non-hydrogen) atoms. The zero-order chi connectivity index (χ0) is 16.8. The highest BCUT2D eigenvalue weighted by Crippen LogP contribution is 2.35. The van der Waals surface area contributed by atoms with Crippen LogP contribution in [0.15, 0.2) is 48.7 Å². The monoisotopic (exact) mass is 349 g/mol. The molecule has 1 aliphatic heterocycles. The number of piperidine rings is 1. The van der Waals surface area contributed by atoms with Crippen molar-refractivity contribution in [3.05, 3.63) is 53.7 Å². The zero-order valence-corrected chi connectivity index (χ0v) is 14.7. The molecule has 126 valence electrons. The van der Waals surface area contributed by atoms with Gasteiger partial charge in [-0.15, -0.1) is 0 Å². The molecule has 3 nitrogen and oxygen atoms in total. The SMILES string of the molecule is Clc1ccc2c(-c3cc4c(N5CCCCC5)cccc4[nH]3)c[nH]c2c1. The summed E-state index contributed by atoms with van der Waals surface area (Å²) >= 11 is 6.11. The highest BCUT2D eigenvalue weighted by Gasteiger charge is 2.16. The number of anilines is 1. The lowest BCUT2D eigenvalue weighted by atomic mass is 10.1. The van der Waals surface area contributed by atoms with E-state index in [2.05, 4.69) is 51.4 Å². The molecule has 1 aliphatic rings. The van der Waals surface area contributed by atoms with Gasteiger partial charge in [-0.2, -0.15) is 0 Å². The van der Waals surface area contributed by atoms with E-state index in [1.807, 2.05) is 12.1 Å². The summed E-state index contributed by atoms with van der Waals surface area (Å²) in [5.74, 6) is 0. The third kappa shape index (κ3) is 2.50. The van der Waals surface area contributed by atoms with Crippen LogP contribution in [0.4, 0.5) is 5.69 Å². The van der Waals surface area contributed by atoms with Gasteiger partial charge >= 0.3 is 0 Å². The molecule has 2 N–H and O–H groups in total. The second kappa shape index (κ2) is 5.85. The third-order valence-corrected chi connectivity index (χ3v) is 5.51. The number of nitrogens with zero attached hydrogens (tertiary/aromatic N) is 1. The number of fused-ring (bicyclic) bond motifs is 2. The Labute approximate surface area is 151 Å². The van der Waals surface area contributed by atoms with E-state index in [9.17, 15) is 0 Å². The Hall–Kier alpha value is -2.39. The first kappa shape index (κ1) is 14.9. The summed E-state index contributed by atoms with van der Waals surface area (Å²) in [7, 11) is 0. The van der Waals surface area contributed by atoms with E-state index in [4.69, 9.17) is 11.6 Å². The summed E-state index contributed by atoms with van der Waals surface area (Å²) < 4.78 is 0. The van der Waals surface area contributed by atoms with Crippen molar-refractivity contribution in [3.8, 4) is 11.3 Å². The average molecular weight is 350 g/mol. The lowest BCUT2D eigenvalue weighted by molar-refractivity contribution is 0.579. The molecule has 1 fully saturated rings. The predicted octanol–water partition coefficient (Wildman–Crippen LogP) is 5.96. The van der Waals surface area contributed by atoms with Crippen LogP contribution in [0.1, 0.15) is 19.3 Å². The van der Waals surface area contributed by atoms with E-state index < -0.39 is 0 Å². The molecule has 0 aliphatic carbocycles. The van der Waals surface area contributed by atoms with Gasteiger partial charge in [0.05, 0.1) is 0 Å². The summed E-state index contributed by atoms with van der Waals surface area (Å²) in [4.78, 5) is 9.47. The molecule has 5 rings (SSSR count). The Morgan fingerprint density at radius 2 is 1.76 bits per heavy atom. The molecular weight excluding hydrogens is 330 g/mol. The molecule has 0 spiro atoms. The largest absolute Gasteiger partial charge is 0.371 e. The number of benzene rings is 2. The predicted molar refractivity (Wildman–Crippen MR) is 107 cm³/mol. The molecule has 0 amide bonds. The number of H-pyrrole nitrogens is 2. The van der Waals surface area contributed by atoms with Gasteiger partial charge in [-0.1, -0.05) is 23.7 Å². The summed E-state index contributed by atoms with van der Waals surface area (Å²) in [6.45, 7) is 2.32. The fraction of sp³-hybridized carbons (Fsp3) is 0.238. The quantitative estimate of drug-likeness (QED) is 0.460. The standard InChI is InChI=1S/C21H20ClN3/c22-14-7-8-15-17(13-23-19(15)11-14)20-12-16-18(24-20)5-4-6-21(16)25-9-2-1-3-10-25/h4-8,11-13,23-24H,1-3,9-10H2. The second-order valence-corrected chi connectivity index (χ2v) is 7.30. The Morgan fingerprint density at radius 1 is 0.880 bits per heavy atom. The molecule has 0 saturated carbocycles. The second-order valence-electron chi connectivity index (χ2n) is 6.86. The van der Waals surface area contributed by atoms with Crippen LogP contribution in [0.2, 0.25) is 5.02 Å². The van der Waals surface area contributed by atoms with E-state index in [0.29, 0.717) is 0 Å². The van der Waals surface area contributed by atoms with Crippen LogP contribution in [0.5, 0.6) is 0 Å². The van der Waals surface area contributed by atoms with E-state index >= 15 is 0 Å². The number of nitrogens with one attached hydrogen (secondary N) is 2. The highest BCUT2D eigenvalue weighted by atomic mass is 35.5. The van der Waals surface area contributed by atoms with Crippen molar-refractivity contribution in [2.75, 3.05) is 18.0 Å². The van der Waals surface area contributed by atoms with Crippen molar-refractivity contribution in [1.82, 2.24) is 9.97 Å². The summed E-state index contributed by atoms with van der Waals surface area (Å²) in [5.41, 5.74) is 5.95. The van der Waals surface area contributed by atoms with Gasteiger partial charge < -0.3 is 14.9 Å². The van der Waals surface area contributed by atoms with Crippen LogP contribution in [0.3, 0.4) is 0 Å². The van der Waals surface area contributed by atoms with E-state index in [0.717, 1.165) is 29.3 Å². The van der Waals surface area contributed by atoms with Crippen LogP contribution < -0.4 is 4.90 Å². The maximum atomic E-state index is 6.11. The molecule has 0 bridgehead atoms. The Kier molecular flexibility index (Phi) is 3.49. The normalized spacial score (nSPS) is 15.3. The lowest BCUT2D eigenvalue weighted by Gasteiger charge is -2.29.